The number of hydrogen-bond donors (Lipinski definition) is 3. The van der Waals surface area contributed by atoms with Crippen LogP contribution in [0.25, 0.3) is 0 Å². The second-order valence-corrected chi connectivity index (χ2v) is 5.69. The molecule has 4 heteroatoms. The topological polar surface area (TPSA) is 61.4 Å². The van der Waals surface area contributed by atoms with Crippen molar-refractivity contribution in [1.82, 2.24) is 10.6 Å². The van der Waals surface area contributed by atoms with Gasteiger partial charge in [-0.25, -0.2) is 0 Å². The zero-order chi connectivity index (χ0) is 12.1. The second kappa shape index (κ2) is 5.83. The number of nitrogens with one attached hydrogen (secondary N) is 2. The first-order valence-electron chi connectivity index (χ1n) is 6.82. The van der Waals surface area contributed by atoms with Gasteiger partial charge in [-0.2, -0.15) is 0 Å². The standard InChI is InChI=1S/C13H24N2O2/c16-10-13(5-6-13)9-15-12(17)4-3-11-2-1-7-14-8-11/h11,14,16H,1-10H2,(H,15,17). The minimum absolute atomic E-state index is 0.0298. The average molecular weight is 240 g/mol. The fourth-order valence-corrected chi connectivity index (χ4v) is 2.45. The molecular formula is C13H24N2O2. The van der Waals surface area contributed by atoms with Crippen LogP contribution in [0.15, 0.2) is 0 Å². The third-order valence-electron chi connectivity index (χ3n) is 4.13. The van der Waals surface area contributed by atoms with Crippen molar-refractivity contribution in [3.63, 3.8) is 0 Å². The normalized spacial score (nSPS) is 26.5. The maximum absolute atomic E-state index is 11.7. The minimum Gasteiger partial charge on any atom is -0.396 e. The molecular weight excluding hydrogens is 216 g/mol. The minimum atomic E-state index is 0.0298. The molecule has 1 aliphatic heterocycles. The first-order valence-corrected chi connectivity index (χ1v) is 6.82. The molecule has 1 aliphatic carbocycles. The number of carbonyl (C=O) groups excluding carboxylic acids is 1. The smallest absolute Gasteiger partial charge is 0.220 e. The highest BCUT2D eigenvalue weighted by molar-refractivity contribution is 5.75. The quantitative estimate of drug-likeness (QED) is 0.639. The predicted molar refractivity (Wildman–Crippen MR) is 66.6 cm³/mol. The average Bonchev–Trinajstić information content (AvgIpc) is 3.16. The number of rotatable bonds is 6. The molecule has 0 aromatic carbocycles. The fraction of sp³-hybridized carbons (Fsp3) is 0.923. The molecule has 2 fully saturated rings. The Hall–Kier alpha value is -0.610. The van der Waals surface area contributed by atoms with Gasteiger partial charge in [-0.15, -0.1) is 0 Å². The summed E-state index contributed by atoms with van der Waals surface area (Å²) in [4.78, 5) is 11.7. The van der Waals surface area contributed by atoms with Gasteiger partial charge in [-0.1, -0.05) is 0 Å². The van der Waals surface area contributed by atoms with Gasteiger partial charge in [0.2, 0.25) is 5.91 Å². The van der Waals surface area contributed by atoms with Crippen molar-refractivity contribution < 1.29 is 9.90 Å². The monoisotopic (exact) mass is 240 g/mol. The van der Waals surface area contributed by atoms with Crippen LogP contribution in [0.5, 0.6) is 0 Å². The van der Waals surface area contributed by atoms with Crippen molar-refractivity contribution in [3.8, 4) is 0 Å². The summed E-state index contributed by atoms with van der Waals surface area (Å²) < 4.78 is 0. The number of carbonyl (C=O) groups is 1. The molecule has 98 valence electrons. The van der Waals surface area contributed by atoms with Crippen LogP contribution >= 0.6 is 0 Å². The van der Waals surface area contributed by atoms with Crippen LogP contribution in [0.1, 0.15) is 38.5 Å². The highest BCUT2D eigenvalue weighted by Gasteiger charge is 2.41. The first-order chi connectivity index (χ1) is 8.24. The highest BCUT2D eigenvalue weighted by Crippen LogP contribution is 2.44. The predicted octanol–water partition coefficient (Wildman–Crippen LogP) is 0.655. The molecule has 1 unspecified atom stereocenters. The molecule has 4 nitrogen and oxygen atoms in total. The van der Waals surface area contributed by atoms with E-state index in [4.69, 9.17) is 5.11 Å². The van der Waals surface area contributed by atoms with E-state index in [1.165, 1.54) is 12.8 Å². The van der Waals surface area contributed by atoms with E-state index in [1.807, 2.05) is 0 Å². The van der Waals surface area contributed by atoms with Crippen LogP contribution in [0, 0.1) is 11.3 Å². The molecule has 1 atom stereocenters. The van der Waals surface area contributed by atoms with E-state index >= 15 is 0 Å². The van der Waals surface area contributed by atoms with Crippen LogP contribution in [-0.2, 0) is 4.79 Å². The highest BCUT2D eigenvalue weighted by atomic mass is 16.3. The third-order valence-corrected chi connectivity index (χ3v) is 4.13. The van der Waals surface area contributed by atoms with Gasteiger partial charge in [-0.3, -0.25) is 4.79 Å². The van der Waals surface area contributed by atoms with Gasteiger partial charge in [0.25, 0.3) is 0 Å². The summed E-state index contributed by atoms with van der Waals surface area (Å²) in [6.45, 7) is 3.06. The fourth-order valence-electron chi connectivity index (χ4n) is 2.45. The lowest BCUT2D eigenvalue weighted by Gasteiger charge is -2.22. The molecule has 0 radical (unpaired) electrons. The summed E-state index contributed by atoms with van der Waals surface area (Å²) in [5.74, 6) is 0.817. The summed E-state index contributed by atoms with van der Waals surface area (Å²) in [6.07, 6.45) is 6.21. The molecule has 1 saturated carbocycles. The van der Waals surface area contributed by atoms with E-state index < -0.39 is 0 Å². The Labute approximate surface area is 103 Å². The second-order valence-electron chi connectivity index (χ2n) is 5.69. The lowest BCUT2D eigenvalue weighted by atomic mass is 9.94. The molecule has 0 bridgehead atoms. The van der Waals surface area contributed by atoms with Crippen molar-refractivity contribution in [2.24, 2.45) is 11.3 Å². The van der Waals surface area contributed by atoms with Gasteiger partial charge in [-0.05, 0) is 51.1 Å². The van der Waals surface area contributed by atoms with Gasteiger partial charge in [0, 0.05) is 18.4 Å². The number of amides is 1. The Bertz CT molecular complexity index is 258. The van der Waals surface area contributed by atoms with Gasteiger partial charge >= 0.3 is 0 Å². The SMILES string of the molecule is O=C(CCC1CCCNC1)NCC1(CO)CC1. The van der Waals surface area contributed by atoms with Crippen LogP contribution in [0.2, 0.25) is 0 Å². The largest absolute Gasteiger partial charge is 0.396 e. The molecule has 3 N–H and O–H groups in total. The summed E-state index contributed by atoms with van der Waals surface area (Å²) >= 11 is 0. The molecule has 2 rings (SSSR count). The molecule has 1 saturated heterocycles. The lowest BCUT2D eigenvalue weighted by molar-refractivity contribution is -0.121. The van der Waals surface area contributed by atoms with Gasteiger partial charge < -0.3 is 15.7 Å². The van der Waals surface area contributed by atoms with Crippen molar-refractivity contribution >= 4 is 5.91 Å². The van der Waals surface area contributed by atoms with Crippen LogP contribution < -0.4 is 10.6 Å². The van der Waals surface area contributed by atoms with Crippen LogP contribution in [0.4, 0.5) is 0 Å². The zero-order valence-electron chi connectivity index (χ0n) is 10.5. The maximum atomic E-state index is 11.7. The van der Waals surface area contributed by atoms with Gasteiger partial charge in [0.1, 0.15) is 0 Å². The van der Waals surface area contributed by atoms with Crippen LogP contribution in [-0.4, -0.2) is 37.3 Å². The Morgan fingerprint density at radius 1 is 1.47 bits per heavy atom. The van der Waals surface area contributed by atoms with Crippen molar-refractivity contribution in [2.75, 3.05) is 26.2 Å². The van der Waals surface area contributed by atoms with Crippen LogP contribution in [0.3, 0.4) is 0 Å². The van der Waals surface area contributed by atoms with Gasteiger partial charge in [0.15, 0.2) is 0 Å². The number of aliphatic hydroxyl groups excluding tert-OH is 1. The third kappa shape index (κ3) is 3.96. The molecule has 2 aliphatic rings. The molecule has 0 aromatic rings. The summed E-state index contributed by atoms with van der Waals surface area (Å²) in [5, 5.41) is 15.5. The summed E-state index contributed by atoms with van der Waals surface area (Å²) in [5.41, 5.74) is 0.0298. The molecule has 1 heterocycles. The van der Waals surface area contributed by atoms with E-state index in [0.29, 0.717) is 18.9 Å². The molecule has 17 heavy (non-hydrogen) atoms. The van der Waals surface area contributed by atoms with Crippen molar-refractivity contribution in [2.45, 2.75) is 38.5 Å². The van der Waals surface area contributed by atoms with E-state index in [0.717, 1.165) is 32.4 Å². The summed E-state index contributed by atoms with van der Waals surface area (Å²) in [6, 6.07) is 0. The maximum Gasteiger partial charge on any atom is 0.220 e. The lowest BCUT2D eigenvalue weighted by Crippen LogP contribution is -2.33. The molecule has 0 spiro atoms. The van der Waals surface area contributed by atoms with E-state index in [-0.39, 0.29) is 17.9 Å². The van der Waals surface area contributed by atoms with Crippen molar-refractivity contribution in [3.05, 3.63) is 0 Å². The van der Waals surface area contributed by atoms with E-state index in [9.17, 15) is 4.79 Å². The van der Waals surface area contributed by atoms with Crippen molar-refractivity contribution in [1.29, 1.82) is 0 Å². The Morgan fingerprint density at radius 3 is 2.88 bits per heavy atom. The van der Waals surface area contributed by atoms with E-state index in [1.54, 1.807) is 0 Å². The molecule has 1 amide bonds. The Morgan fingerprint density at radius 2 is 2.29 bits per heavy atom. The number of aliphatic hydroxyl groups is 1. The van der Waals surface area contributed by atoms with Gasteiger partial charge in [0.05, 0.1) is 6.61 Å². The summed E-state index contributed by atoms with van der Waals surface area (Å²) in [7, 11) is 0. The Balaban J connectivity index is 1.57. The van der Waals surface area contributed by atoms with E-state index in [2.05, 4.69) is 10.6 Å². The first kappa shape index (κ1) is 12.8. The molecule has 0 aromatic heterocycles. The number of hydrogen-bond acceptors (Lipinski definition) is 3. The number of piperidine rings is 1. The Kier molecular flexibility index (Phi) is 4.40. The zero-order valence-corrected chi connectivity index (χ0v) is 10.5.